The smallest absolute Gasteiger partial charge is 0.321 e. The summed E-state index contributed by atoms with van der Waals surface area (Å²) in [5, 5.41) is 8.70. The van der Waals surface area contributed by atoms with Gasteiger partial charge in [0.1, 0.15) is 5.54 Å². The first-order valence-electron chi connectivity index (χ1n) is 8.86. The lowest BCUT2D eigenvalue weighted by atomic mass is 9.92. The molecule has 1 unspecified atom stereocenters. The molecule has 0 bridgehead atoms. The highest BCUT2D eigenvalue weighted by atomic mass is 35.5. The van der Waals surface area contributed by atoms with Gasteiger partial charge in [-0.1, -0.05) is 35.3 Å². The maximum atomic E-state index is 12.7. The monoisotopic (exact) mass is 459 g/mol. The van der Waals surface area contributed by atoms with Crippen LogP contribution >= 0.6 is 34.5 Å². The molecular formula is C21H15Cl2N3O3S. The molecule has 0 aliphatic carbocycles. The first kappa shape index (κ1) is 20.4. The second-order valence-corrected chi connectivity index (χ2v) is 8.85. The van der Waals surface area contributed by atoms with Crippen LogP contribution in [0.2, 0.25) is 10.0 Å². The van der Waals surface area contributed by atoms with Gasteiger partial charge in [0.15, 0.2) is 0 Å². The van der Waals surface area contributed by atoms with Crippen molar-refractivity contribution in [1.82, 2.24) is 10.6 Å². The van der Waals surface area contributed by atoms with Crippen molar-refractivity contribution in [1.29, 1.82) is 0 Å². The second-order valence-electron chi connectivity index (χ2n) is 6.89. The zero-order chi connectivity index (χ0) is 21.5. The highest BCUT2D eigenvalue weighted by molar-refractivity contribution is 7.17. The van der Waals surface area contributed by atoms with E-state index in [1.54, 1.807) is 55.5 Å². The lowest BCUT2D eigenvalue weighted by Crippen LogP contribution is -2.40. The van der Waals surface area contributed by atoms with Gasteiger partial charge in [0, 0.05) is 20.6 Å². The number of benzene rings is 2. The number of nitrogens with one attached hydrogen (secondary N) is 3. The van der Waals surface area contributed by atoms with Gasteiger partial charge in [-0.25, -0.2) is 4.79 Å². The molecule has 4 amide bonds. The summed E-state index contributed by atoms with van der Waals surface area (Å²) in [5.74, 6) is -0.736. The minimum atomic E-state index is -1.19. The Balaban J connectivity index is 1.55. The SMILES string of the molecule is CC1(c2cccc(NC(=O)c3ccc(-c4cc(Cl)cc(Cl)c4)s3)c2)NC(=O)NC1=O. The fourth-order valence-electron chi connectivity index (χ4n) is 3.16. The molecule has 1 aromatic heterocycles. The number of hydrogen-bond donors (Lipinski definition) is 3. The predicted molar refractivity (Wildman–Crippen MR) is 118 cm³/mol. The van der Waals surface area contributed by atoms with Crippen LogP contribution in [0.25, 0.3) is 10.4 Å². The molecule has 2 heterocycles. The minimum absolute atomic E-state index is 0.290. The van der Waals surface area contributed by atoms with E-state index in [4.69, 9.17) is 23.2 Å². The minimum Gasteiger partial charge on any atom is -0.321 e. The van der Waals surface area contributed by atoms with E-state index in [9.17, 15) is 14.4 Å². The Morgan fingerprint density at radius 1 is 1.03 bits per heavy atom. The molecule has 2 aromatic carbocycles. The molecule has 30 heavy (non-hydrogen) atoms. The van der Waals surface area contributed by atoms with Gasteiger partial charge in [0.2, 0.25) is 0 Å². The van der Waals surface area contributed by atoms with Crippen LogP contribution in [0.5, 0.6) is 0 Å². The molecule has 1 saturated heterocycles. The van der Waals surface area contributed by atoms with Crippen LogP contribution < -0.4 is 16.0 Å². The molecule has 3 N–H and O–H groups in total. The van der Waals surface area contributed by atoms with Crippen LogP contribution in [0.4, 0.5) is 10.5 Å². The Labute approximate surface area is 186 Å². The number of rotatable bonds is 4. The molecule has 3 aromatic rings. The van der Waals surface area contributed by atoms with Crippen LogP contribution in [-0.2, 0) is 10.3 Å². The Bertz CT molecular complexity index is 1170. The molecule has 1 aliphatic rings. The largest absolute Gasteiger partial charge is 0.322 e. The second kappa shape index (κ2) is 7.75. The van der Waals surface area contributed by atoms with E-state index in [1.165, 1.54) is 11.3 Å². The van der Waals surface area contributed by atoms with Gasteiger partial charge >= 0.3 is 6.03 Å². The number of anilines is 1. The van der Waals surface area contributed by atoms with E-state index in [2.05, 4.69) is 16.0 Å². The summed E-state index contributed by atoms with van der Waals surface area (Å²) < 4.78 is 0. The Morgan fingerprint density at radius 2 is 1.77 bits per heavy atom. The third-order valence-corrected chi connectivity index (χ3v) is 6.29. The van der Waals surface area contributed by atoms with Gasteiger partial charge in [-0.2, -0.15) is 0 Å². The number of carbonyl (C=O) groups is 3. The highest BCUT2D eigenvalue weighted by Crippen LogP contribution is 2.33. The average Bonchev–Trinajstić information content (AvgIpc) is 3.27. The molecule has 152 valence electrons. The molecular weight excluding hydrogens is 445 g/mol. The zero-order valence-corrected chi connectivity index (χ0v) is 17.9. The lowest BCUT2D eigenvalue weighted by Gasteiger charge is -2.21. The quantitative estimate of drug-likeness (QED) is 0.478. The van der Waals surface area contributed by atoms with Crippen molar-refractivity contribution >= 4 is 58.1 Å². The van der Waals surface area contributed by atoms with E-state index in [1.807, 2.05) is 6.07 Å². The van der Waals surface area contributed by atoms with E-state index < -0.39 is 17.5 Å². The van der Waals surface area contributed by atoms with Crippen molar-refractivity contribution in [3.63, 3.8) is 0 Å². The molecule has 0 spiro atoms. The van der Waals surface area contributed by atoms with Crippen molar-refractivity contribution < 1.29 is 14.4 Å². The van der Waals surface area contributed by atoms with Crippen LogP contribution in [0.1, 0.15) is 22.2 Å². The van der Waals surface area contributed by atoms with E-state index in [0.717, 1.165) is 10.4 Å². The fraction of sp³-hybridized carbons (Fsp3) is 0.0952. The first-order chi connectivity index (χ1) is 14.2. The number of imide groups is 1. The van der Waals surface area contributed by atoms with E-state index in [-0.39, 0.29) is 5.91 Å². The molecule has 9 heteroatoms. The summed E-state index contributed by atoms with van der Waals surface area (Å²) in [6.45, 7) is 1.61. The summed E-state index contributed by atoms with van der Waals surface area (Å²) in [6, 6.07) is 15.0. The Morgan fingerprint density at radius 3 is 2.43 bits per heavy atom. The number of carbonyl (C=O) groups excluding carboxylic acids is 3. The number of urea groups is 1. The molecule has 0 radical (unpaired) electrons. The number of halogens is 2. The van der Waals surface area contributed by atoms with Crippen LogP contribution in [0, 0.1) is 0 Å². The molecule has 1 fully saturated rings. The van der Waals surface area contributed by atoms with Gasteiger partial charge < -0.3 is 10.6 Å². The molecule has 0 saturated carbocycles. The van der Waals surface area contributed by atoms with Crippen LogP contribution in [0.3, 0.4) is 0 Å². The lowest BCUT2D eigenvalue weighted by molar-refractivity contribution is -0.123. The summed E-state index contributed by atoms with van der Waals surface area (Å²) in [5.41, 5.74) is 0.701. The molecule has 1 atom stereocenters. The normalized spacial score (nSPS) is 18.1. The maximum Gasteiger partial charge on any atom is 0.322 e. The molecule has 4 rings (SSSR count). The number of thiophene rings is 1. The third kappa shape index (κ3) is 3.92. The summed E-state index contributed by atoms with van der Waals surface area (Å²) >= 11 is 13.4. The maximum absolute atomic E-state index is 12.7. The van der Waals surface area contributed by atoms with Gasteiger partial charge in [0.25, 0.3) is 11.8 Å². The average molecular weight is 460 g/mol. The van der Waals surface area contributed by atoms with E-state index >= 15 is 0 Å². The summed E-state index contributed by atoms with van der Waals surface area (Å²) in [4.78, 5) is 37.8. The number of amides is 4. The van der Waals surface area contributed by atoms with Crippen molar-refractivity contribution in [3.05, 3.63) is 75.1 Å². The van der Waals surface area contributed by atoms with Crippen molar-refractivity contribution in [2.75, 3.05) is 5.32 Å². The van der Waals surface area contributed by atoms with Crippen LogP contribution in [-0.4, -0.2) is 17.8 Å². The number of hydrogen-bond acceptors (Lipinski definition) is 4. The summed E-state index contributed by atoms with van der Waals surface area (Å²) in [6.07, 6.45) is 0. The third-order valence-electron chi connectivity index (χ3n) is 4.72. The van der Waals surface area contributed by atoms with Crippen molar-refractivity contribution in [2.45, 2.75) is 12.5 Å². The van der Waals surface area contributed by atoms with Crippen molar-refractivity contribution in [3.8, 4) is 10.4 Å². The standard InChI is InChI=1S/C21H15Cl2N3O3S/c1-21(19(28)25-20(29)26-21)12-3-2-4-15(9-12)24-18(27)17-6-5-16(30-17)11-7-13(22)10-14(23)8-11/h2-10H,1H3,(H,24,27)(H2,25,26,28,29). The molecule has 6 nitrogen and oxygen atoms in total. The first-order valence-corrected chi connectivity index (χ1v) is 10.4. The highest BCUT2D eigenvalue weighted by Gasteiger charge is 2.43. The Kier molecular flexibility index (Phi) is 5.27. The fourth-order valence-corrected chi connectivity index (χ4v) is 4.57. The summed E-state index contributed by atoms with van der Waals surface area (Å²) in [7, 11) is 0. The van der Waals surface area contributed by atoms with Gasteiger partial charge in [-0.3, -0.25) is 14.9 Å². The van der Waals surface area contributed by atoms with Gasteiger partial charge in [-0.05, 0) is 60.5 Å². The molecule has 1 aliphatic heterocycles. The zero-order valence-electron chi connectivity index (χ0n) is 15.6. The topological polar surface area (TPSA) is 87.3 Å². The predicted octanol–water partition coefficient (Wildman–Crippen LogP) is 5.03. The van der Waals surface area contributed by atoms with Crippen LogP contribution in [0.15, 0.2) is 54.6 Å². The van der Waals surface area contributed by atoms with Gasteiger partial charge in [0.05, 0.1) is 4.88 Å². The Hall–Kier alpha value is -2.87. The van der Waals surface area contributed by atoms with Gasteiger partial charge in [-0.15, -0.1) is 11.3 Å². The van der Waals surface area contributed by atoms with Crippen molar-refractivity contribution in [2.24, 2.45) is 0 Å². The van der Waals surface area contributed by atoms with E-state index in [0.29, 0.717) is 26.2 Å².